The molecule has 0 bridgehead atoms. The van der Waals surface area contributed by atoms with Gasteiger partial charge in [0.15, 0.2) is 0 Å². The molecule has 0 aliphatic carbocycles. The SMILES string of the molecule is Cc1ccc(-[n+]2sc(N)nc2-c2ccccc2)cc1Cl. The van der Waals surface area contributed by atoms with E-state index in [4.69, 9.17) is 17.3 Å². The van der Waals surface area contributed by atoms with E-state index in [0.717, 1.165) is 27.7 Å². The minimum atomic E-state index is 0.528. The van der Waals surface area contributed by atoms with E-state index in [2.05, 4.69) is 4.98 Å². The summed E-state index contributed by atoms with van der Waals surface area (Å²) in [7, 11) is 0. The number of rotatable bonds is 2. The fourth-order valence-electron chi connectivity index (χ4n) is 1.96. The van der Waals surface area contributed by atoms with Crippen LogP contribution in [0, 0.1) is 6.92 Å². The zero-order valence-corrected chi connectivity index (χ0v) is 12.4. The third-order valence-electron chi connectivity index (χ3n) is 3.02. The highest BCUT2D eigenvalue weighted by molar-refractivity contribution is 7.05. The lowest BCUT2D eigenvalue weighted by molar-refractivity contribution is -0.509. The van der Waals surface area contributed by atoms with Crippen LogP contribution >= 0.6 is 23.1 Å². The lowest BCUT2D eigenvalue weighted by Crippen LogP contribution is -2.28. The number of aromatic nitrogens is 2. The van der Waals surface area contributed by atoms with Crippen LogP contribution < -0.4 is 9.69 Å². The maximum absolute atomic E-state index is 6.21. The summed E-state index contributed by atoms with van der Waals surface area (Å²) in [5.41, 5.74) is 8.92. The van der Waals surface area contributed by atoms with Crippen LogP contribution in [0.25, 0.3) is 17.1 Å². The zero-order valence-electron chi connectivity index (χ0n) is 10.9. The quantitative estimate of drug-likeness (QED) is 0.735. The van der Waals surface area contributed by atoms with E-state index in [0.29, 0.717) is 5.13 Å². The number of hydrogen-bond acceptors (Lipinski definition) is 3. The summed E-state index contributed by atoms with van der Waals surface area (Å²) in [4.78, 5) is 4.43. The summed E-state index contributed by atoms with van der Waals surface area (Å²) in [5, 5.41) is 1.27. The van der Waals surface area contributed by atoms with Gasteiger partial charge in [-0.3, -0.25) is 0 Å². The number of anilines is 1. The Morgan fingerprint density at radius 1 is 1.15 bits per heavy atom. The van der Waals surface area contributed by atoms with Crippen LogP contribution in [0.4, 0.5) is 5.13 Å². The molecule has 2 aromatic carbocycles. The van der Waals surface area contributed by atoms with Crippen molar-refractivity contribution in [3.05, 3.63) is 59.1 Å². The molecule has 100 valence electrons. The Balaban J connectivity index is 2.17. The molecule has 1 aromatic heterocycles. The van der Waals surface area contributed by atoms with Crippen LogP contribution in [0.5, 0.6) is 0 Å². The molecule has 20 heavy (non-hydrogen) atoms. The van der Waals surface area contributed by atoms with Gasteiger partial charge in [-0.25, -0.2) is 0 Å². The van der Waals surface area contributed by atoms with Crippen molar-refractivity contribution < 1.29 is 3.96 Å². The van der Waals surface area contributed by atoms with Crippen molar-refractivity contribution in [3.8, 4) is 17.1 Å². The molecule has 0 amide bonds. The first kappa shape index (κ1) is 13.1. The molecular weight excluding hydrogens is 290 g/mol. The van der Waals surface area contributed by atoms with Gasteiger partial charge in [0.05, 0.1) is 5.56 Å². The second-order valence-corrected chi connectivity index (χ2v) is 5.83. The second-order valence-electron chi connectivity index (χ2n) is 4.46. The van der Waals surface area contributed by atoms with Gasteiger partial charge < -0.3 is 5.73 Å². The van der Waals surface area contributed by atoms with E-state index in [-0.39, 0.29) is 0 Å². The van der Waals surface area contributed by atoms with Crippen molar-refractivity contribution in [1.82, 2.24) is 4.98 Å². The van der Waals surface area contributed by atoms with Gasteiger partial charge in [-0.15, -0.1) is 3.96 Å². The number of halogens is 1. The Morgan fingerprint density at radius 3 is 2.60 bits per heavy atom. The molecular formula is C15H13ClN3S+. The summed E-state index contributed by atoms with van der Waals surface area (Å²) >= 11 is 7.61. The van der Waals surface area contributed by atoms with Crippen LogP contribution in [0.15, 0.2) is 48.5 Å². The van der Waals surface area contributed by atoms with E-state index in [1.165, 1.54) is 11.5 Å². The van der Waals surface area contributed by atoms with Gasteiger partial charge in [0.2, 0.25) is 0 Å². The minimum Gasteiger partial charge on any atom is -0.351 e. The van der Waals surface area contributed by atoms with E-state index >= 15 is 0 Å². The molecule has 0 aliphatic rings. The number of nitrogen functional groups attached to an aromatic ring is 1. The van der Waals surface area contributed by atoms with Gasteiger partial charge in [-0.05, 0) is 35.7 Å². The first-order chi connectivity index (χ1) is 9.65. The minimum absolute atomic E-state index is 0.528. The number of nitrogens with zero attached hydrogens (tertiary/aromatic N) is 2. The van der Waals surface area contributed by atoms with Crippen LogP contribution in [0.3, 0.4) is 0 Å². The molecule has 1 heterocycles. The van der Waals surface area contributed by atoms with E-state index in [9.17, 15) is 0 Å². The van der Waals surface area contributed by atoms with Crippen molar-refractivity contribution in [1.29, 1.82) is 0 Å². The van der Waals surface area contributed by atoms with Gasteiger partial charge in [-0.1, -0.05) is 35.9 Å². The molecule has 0 saturated carbocycles. The van der Waals surface area contributed by atoms with Crippen LogP contribution in [0.2, 0.25) is 5.02 Å². The molecule has 3 nitrogen and oxygen atoms in total. The van der Waals surface area contributed by atoms with Gasteiger partial charge in [0, 0.05) is 11.1 Å². The van der Waals surface area contributed by atoms with E-state index in [1.54, 1.807) is 0 Å². The smallest absolute Gasteiger partial charge is 0.350 e. The Morgan fingerprint density at radius 2 is 1.90 bits per heavy atom. The lowest BCUT2D eigenvalue weighted by atomic mass is 10.2. The largest absolute Gasteiger partial charge is 0.351 e. The monoisotopic (exact) mass is 302 g/mol. The van der Waals surface area contributed by atoms with Crippen LogP contribution in [-0.4, -0.2) is 4.98 Å². The van der Waals surface area contributed by atoms with Gasteiger partial charge in [0.25, 0.3) is 0 Å². The Kier molecular flexibility index (Phi) is 3.42. The average molecular weight is 303 g/mol. The van der Waals surface area contributed by atoms with Crippen LogP contribution in [-0.2, 0) is 0 Å². The first-order valence-electron chi connectivity index (χ1n) is 6.16. The zero-order chi connectivity index (χ0) is 14.1. The van der Waals surface area contributed by atoms with Crippen molar-refractivity contribution in [2.45, 2.75) is 6.92 Å². The molecule has 0 spiro atoms. The molecule has 0 saturated heterocycles. The van der Waals surface area contributed by atoms with E-state index < -0.39 is 0 Å². The second kappa shape index (κ2) is 5.23. The van der Waals surface area contributed by atoms with Crippen molar-refractivity contribution >= 4 is 28.3 Å². The number of benzene rings is 2. The normalized spacial score (nSPS) is 10.7. The third-order valence-corrected chi connectivity index (χ3v) is 4.27. The molecule has 0 fully saturated rings. The number of hydrogen-bond donors (Lipinski definition) is 1. The highest BCUT2D eigenvalue weighted by Crippen LogP contribution is 2.22. The Labute approximate surface area is 126 Å². The molecule has 0 radical (unpaired) electrons. The average Bonchev–Trinajstić information content (AvgIpc) is 2.85. The highest BCUT2D eigenvalue weighted by atomic mass is 35.5. The van der Waals surface area contributed by atoms with Gasteiger partial charge in [-0.2, -0.15) is 0 Å². The molecule has 3 aromatic rings. The maximum atomic E-state index is 6.21. The maximum Gasteiger partial charge on any atom is 0.350 e. The van der Waals surface area contributed by atoms with Crippen LogP contribution in [0.1, 0.15) is 5.56 Å². The summed E-state index contributed by atoms with van der Waals surface area (Å²) < 4.78 is 2.00. The Bertz CT molecular complexity index is 753. The summed E-state index contributed by atoms with van der Waals surface area (Å²) in [6.07, 6.45) is 0. The third kappa shape index (κ3) is 2.40. The summed E-state index contributed by atoms with van der Waals surface area (Å²) in [6.45, 7) is 1.98. The number of nitrogens with two attached hydrogens (primary N) is 1. The van der Waals surface area contributed by atoms with Gasteiger partial charge >= 0.3 is 11.0 Å². The predicted molar refractivity (Wildman–Crippen MR) is 83.2 cm³/mol. The lowest BCUT2D eigenvalue weighted by Gasteiger charge is -2.01. The fourth-order valence-corrected chi connectivity index (χ4v) is 2.90. The van der Waals surface area contributed by atoms with E-state index in [1.807, 2.05) is 59.4 Å². The molecule has 0 atom stereocenters. The predicted octanol–water partition coefficient (Wildman–Crippen LogP) is 3.63. The van der Waals surface area contributed by atoms with Crippen molar-refractivity contribution in [3.63, 3.8) is 0 Å². The molecule has 3 rings (SSSR count). The standard InChI is InChI=1S/C15H12ClN3S/c1-10-7-8-12(9-13(10)16)19-14(18-15(17)20-19)11-5-3-2-4-6-11/h2-9,17H,1H3/p+1. The summed E-state index contributed by atoms with van der Waals surface area (Å²) in [5.74, 6) is 0.827. The first-order valence-corrected chi connectivity index (χ1v) is 7.31. The molecule has 0 aliphatic heterocycles. The van der Waals surface area contributed by atoms with Crippen molar-refractivity contribution in [2.24, 2.45) is 0 Å². The van der Waals surface area contributed by atoms with Gasteiger partial charge in [0.1, 0.15) is 17.2 Å². The topological polar surface area (TPSA) is 42.8 Å². The fraction of sp³-hybridized carbons (Fsp3) is 0.0667. The summed E-state index contributed by atoms with van der Waals surface area (Å²) in [6, 6.07) is 15.9. The molecule has 2 N–H and O–H groups in total. The van der Waals surface area contributed by atoms with Crippen molar-refractivity contribution in [2.75, 3.05) is 5.73 Å². The molecule has 5 heteroatoms. The molecule has 0 unspecified atom stereocenters. The number of aryl methyl sites for hydroxylation is 1. The Hall–Kier alpha value is -1.91. The highest BCUT2D eigenvalue weighted by Gasteiger charge is 2.22.